The molecule has 8 heteroatoms. The summed E-state index contributed by atoms with van der Waals surface area (Å²) in [5, 5.41) is 0. The van der Waals surface area contributed by atoms with Gasteiger partial charge in [-0.15, -0.1) is 0 Å². The van der Waals surface area contributed by atoms with Crippen LogP contribution in [-0.4, -0.2) is 32.4 Å². The van der Waals surface area contributed by atoms with Crippen LogP contribution in [0.2, 0.25) is 0 Å². The minimum absolute atomic E-state index is 0.0616. The summed E-state index contributed by atoms with van der Waals surface area (Å²) in [4.78, 5) is 35.8. The van der Waals surface area contributed by atoms with Crippen LogP contribution in [0.5, 0.6) is 0 Å². The Morgan fingerprint density at radius 3 is 2.48 bits per heavy atom. The largest absolute Gasteiger partial charge is 0.434 e. The van der Waals surface area contributed by atoms with Gasteiger partial charge in [0.15, 0.2) is 11.6 Å². The van der Waals surface area contributed by atoms with E-state index in [9.17, 15) is 14.0 Å². The first kappa shape index (κ1) is 19.6. The van der Waals surface area contributed by atoms with E-state index in [4.69, 9.17) is 4.42 Å². The smallest absolute Gasteiger partial charge is 0.353 e. The van der Waals surface area contributed by atoms with E-state index in [1.54, 1.807) is 36.3 Å². The molecule has 0 N–H and O–H groups in total. The van der Waals surface area contributed by atoms with Gasteiger partial charge in [-0.1, -0.05) is 6.07 Å². The van der Waals surface area contributed by atoms with Crippen LogP contribution in [0.1, 0.15) is 40.4 Å². The average molecular weight is 442 g/mol. The SMILES string of the molecule is CN1Cc2ccc(-c3nc(-n4ccc(C5CC5)nc4=O)c(-c4ccc(F)cc4)o3)cc2C1=O. The van der Waals surface area contributed by atoms with Gasteiger partial charge in [0.2, 0.25) is 5.89 Å². The number of rotatable bonds is 4. The van der Waals surface area contributed by atoms with Crippen LogP contribution < -0.4 is 5.69 Å². The van der Waals surface area contributed by atoms with Crippen molar-refractivity contribution < 1.29 is 13.6 Å². The number of fused-ring (bicyclic) bond motifs is 1. The minimum atomic E-state index is -0.451. The molecule has 1 aliphatic heterocycles. The van der Waals surface area contributed by atoms with Crippen molar-refractivity contribution in [2.45, 2.75) is 25.3 Å². The van der Waals surface area contributed by atoms with Crippen LogP contribution in [-0.2, 0) is 6.54 Å². The third-order valence-corrected chi connectivity index (χ3v) is 6.11. The summed E-state index contributed by atoms with van der Waals surface area (Å²) in [7, 11) is 1.75. The first-order valence-corrected chi connectivity index (χ1v) is 10.7. The van der Waals surface area contributed by atoms with E-state index in [0.717, 1.165) is 24.1 Å². The second kappa shape index (κ2) is 7.23. The highest BCUT2D eigenvalue weighted by Gasteiger charge is 2.28. The van der Waals surface area contributed by atoms with E-state index in [-0.39, 0.29) is 23.4 Å². The third kappa shape index (κ3) is 3.34. The molecule has 1 amide bonds. The number of carbonyl (C=O) groups excluding carboxylic acids is 1. The topological polar surface area (TPSA) is 81.2 Å². The van der Waals surface area contributed by atoms with E-state index in [1.165, 1.54) is 16.7 Å². The summed E-state index contributed by atoms with van der Waals surface area (Å²) in [6.07, 6.45) is 3.73. The highest BCUT2D eigenvalue weighted by atomic mass is 19.1. The van der Waals surface area contributed by atoms with Crippen molar-refractivity contribution in [2.24, 2.45) is 0 Å². The summed E-state index contributed by atoms with van der Waals surface area (Å²) < 4.78 is 21.0. The molecule has 0 bridgehead atoms. The Bertz CT molecular complexity index is 1470. The second-order valence-electron chi connectivity index (χ2n) is 8.49. The molecule has 4 aromatic rings. The fourth-order valence-corrected chi connectivity index (χ4v) is 4.15. The number of hydrogen-bond acceptors (Lipinski definition) is 5. The number of nitrogens with zero attached hydrogens (tertiary/aromatic N) is 4. The fraction of sp³-hybridized carbons (Fsp3) is 0.200. The normalized spacial score (nSPS) is 15.2. The molecule has 0 unspecified atom stereocenters. The van der Waals surface area contributed by atoms with Crippen molar-refractivity contribution in [3.63, 3.8) is 0 Å². The van der Waals surface area contributed by atoms with Gasteiger partial charge in [-0.3, -0.25) is 4.79 Å². The molecule has 2 aromatic carbocycles. The van der Waals surface area contributed by atoms with Gasteiger partial charge in [0, 0.05) is 42.4 Å². The first-order chi connectivity index (χ1) is 16.0. The van der Waals surface area contributed by atoms with E-state index in [1.807, 2.05) is 18.2 Å². The number of aromatic nitrogens is 3. The van der Waals surface area contributed by atoms with Crippen LogP contribution >= 0.6 is 0 Å². The van der Waals surface area contributed by atoms with Crippen molar-refractivity contribution >= 4 is 5.91 Å². The Labute approximate surface area is 188 Å². The Morgan fingerprint density at radius 2 is 1.76 bits per heavy atom. The van der Waals surface area contributed by atoms with Crippen molar-refractivity contribution in [2.75, 3.05) is 7.05 Å². The van der Waals surface area contributed by atoms with Crippen LogP contribution in [0.25, 0.3) is 28.6 Å². The molecule has 0 radical (unpaired) electrons. The lowest BCUT2D eigenvalue weighted by molar-refractivity contribution is 0.0816. The summed E-state index contributed by atoms with van der Waals surface area (Å²) in [5.74, 6) is 0.742. The third-order valence-electron chi connectivity index (χ3n) is 6.11. The molecule has 164 valence electrons. The maximum atomic E-state index is 13.5. The van der Waals surface area contributed by atoms with Gasteiger partial charge in [-0.25, -0.2) is 13.8 Å². The summed E-state index contributed by atoms with van der Waals surface area (Å²) in [6, 6.07) is 13.1. The molecule has 0 saturated heterocycles. The number of amides is 1. The van der Waals surface area contributed by atoms with Gasteiger partial charge in [-0.05, 0) is 60.9 Å². The van der Waals surface area contributed by atoms with E-state index < -0.39 is 5.69 Å². The molecule has 1 saturated carbocycles. The average Bonchev–Trinajstić information content (AvgIpc) is 3.52. The molecule has 2 aromatic heterocycles. The van der Waals surface area contributed by atoms with Crippen molar-refractivity contribution in [3.8, 4) is 28.6 Å². The lowest BCUT2D eigenvalue weighted by Crippen LogP contribution is -2.22. The van der Waals surface area contributed by atoms with Crippen molar-refractivity contribution in [1.29, 1.82) is 0 Å². The number of halogens is 1. The molecule has 3 heterocycles. The van der Waals surface area contributed by atoms with E-state index in [0.29, 0.717) is 34.9 Å². The molecular weight excluding hydrogens is 423 g/mol. The molecule has 0 spiro atoms. The summed E-state index contributed by atoms with van der Waals surface area (Å²) in [6.45, 7) is 0.556. The second-order valence-corrected chi connectivity index (χ2v) is 8.49. The van der Waals surface area contributed by atoms with Crippen molar-refractivity contribution in [1.82, 2.24) is 19.4 Å². The number of benzene rings is 2. The zero-order chi connectivity index (χ0) is 22.7. The van der Waals surface area contributed by atoms with Gasteiger partial charge < -0.3 is 9.32 Å². The van der Waals surface area contributed by atoms with Crippen LogP contribution in [0.3, 0.4) is 0 Å². The summed E-state index contributed by atoms with van der Waals surface area (Å²) in [5.41, 5.74) is 3.06. The van der Waals surface area contributed by atoms with Crippen LogP contribution in [0, 0.1) is 5.82 Å². The highest BCUT2D eigenvalue weighted by Crippen LogP contribution is 2.38. The number of oxazole rings is 1. The van der Waals surface area contributed by atoms with Gasteiger partial charge in [0.05, 0.1) is 5.69 Å². The molecule has 33 heavy (non-hydrogen) atoms. The summed E-state index contributed by atoms with van der Waals surface area (Å²) >= 11 is 0. The van der Waals surface area contributed by atoms with Crippen LogP contribution in [0.15, 0.2) is 63.9 Å². The zero-order valence-electron chi connectivity index (χ0n) is 17.8. The maximum Gasteiger partial charge on any atom is 0.353 e. The highest BCUT2D eigenvalue weighted by molar-refractivity contribution is 5.99. The zero-order valence-corrected chi connectivity index (χ0v) is 17.8. The maximum absolute atomic E-state index is 13.5. The Balaban J connectivity index is 1.50. The van der Waals surface area contributed by atoms with Crippen LogP contribution in [0.4, 0.5) is 4.39 Å². The predicted octanol–water partition coefficient (Wildman–Crippen LogP) is 4.16. The van der Waals surface area contributed by atoms with E-state index >= 15 is 0 Å². The van der Waals surface area contributed by atoms with Gasteiger partial charge in [-0.2, -0.15) is 9.97 Å². The first-order valence-electron chi connectivity index (χ1n) is 10.7. The van der Waals surface area contributed by atoms with Gasteiger partial charge in [0.1, 0.15) is 5.82 Å². The van der Waals surface area contributed by atoms with E-state index in [2.05, 4.69) is 9.97 Å². The molecule has 1 fully saturated rings. The quantitative estimate of drug-likeness (QED) is 0.474. The number of hydrogen-bond donors (Lipinski definition) is 0. The van der Waals surface area contributed by atoms with Crippen molar-refractivity contribution in [3.05, 3.63) is 87.9 Å². The fourth-order valence-electron chi connectivity index (χ4n) is 4.15. The lowest BCUT2D eigenvalue weighted by Gasteiger charge is -2.05. The molecule has 6 rings (SSSR count). The molecule has 2 aliphatic rings. The standard InChI is InChI=1S/C25H19FN4O3/c1-29-13-17-5-4-16(12-19(17)24(29)31)23-28-22(21(33-23)15-6-8-18(26)9-7-15)30-11-10-20(14-2-3-14)27-25(30)32/h4-12,14H,2-3,13H2,1H3. The Hall–Kier alpha value is -4.07. The molecule has 0 atom stereocenters. The minimum Gasteiger partial charge on any atom is -0.434 e. The molecule has 7 nitrogen and oxygen atoms in total. The number of carbonyl (C=O) groups is 1. The van der Waals surface area contributed by atoms with Gasteiger partial charge >= 0.3 is 5.69 Å². The molecular formula is C25H19FN4O3. The predicted molar refractivity (Wildman–Crippen MR) is 118 cm³/mol. The monoisotopic (exact) mass is 442 g/mol. The lowest BCUT2D eigenvalue weighted by atomic mass is 10.1. The molecule has 1 aliphatic carbocycles. The Morgan fingerprint density at radius 1 is 1.00 bits per heavy atom. The Kier molecular flexibility index (Phi) is 4.29. The van der Waals surface area contributed by atoms with Gasteiger partial charge in [0.25, 0.3) is 5.91 Å².